The maximum Gasteiger partial charge on any atom is 0.326 e. The van der Waals surface area contributed by atoms with Gasteiger partial charge in [-0.15, -0.1) is 0 Å². The molecule has 180 valence electrons. The van der Waals surface area contributed by atoms with Crippen LogP contribution in [0.1, 0.15) is 29.7 Å². The second-order valence-corrected chi connectivity index (χ2v) is 8.66. The fourth-order valence-electron chi connectivity index (χ4n) is 4.19. The van der Waals surface area contributed by atoms with Crippen LogP contribution in [-0.2, 0) is 24.1 Å². The SMILES string of the molecule is O=C(O)C(Cc1ccc(OCCCc2ccc3c(n2)NCCC3)cc1)Nc1nc2ccccc2o1. The predicted octanol–water partition coefficient (Wildman–Crippen LogP) is 4.70. The molecule has 1 aliphatic rings. The average Bonchev–Trinajstić information content (AvgIpc) is 3.29. The Labute approximate surface area is 203 Å². The maximum atomic E-state index is 11.8. The number of carboxylic acids is 1. The summed E-state index contributed by atoms with van der Waals surface area (Å²) in [5.41, 5.74) is 4.53. The second kappa shape index (κ2) is 10.5. The van der Waals surface area contributed by atoms with E-state index in [1.807, 2.05) is 42.5 Å². The number of aromatic nitrogens is 2. The first-order chi connectivity index (χ1) is 17.1. The number of pyridine rings is 1. The molecule has 0 radical (unpaired) electrons. The van der Waals surface area contributed by atoms with E-state index in [0.29, 0.717) is 17.7 Å². The fraction of sp³-hybridized carbons (Fsp3) is 0.296. The number of carboxylic acid groups (broad SMARTS) is 1. The number of benzene rings is 2. The number of fused-ring (bicyclic) bond motifs is 2. The highest BCUT2D eigenvalue weighted by Gasteiger charge is 2.20. The summed E-state index contributed by atoms with van der Waals surface area (Å²) in [6.45, 7) is 1.57. The van der Waals surface area contributed by atoms with Crippen LogP contribution in [0.25, 0.3) is 11.1 Å². The molecule has 2 aromatic carbocycles. The third-order valence-electron chi connectivity index (χ3n) is 6.05. The number of nitrogens with one attached hydrogen (secondary N) is 2. The van der Waals surface area contributed by atoms with Crippen molar-refractivity contribution < 1.29 is 19.1 Å². The van der Waals surface area contributed by atoms with Gasteiger partial charge in [0.15, 0.2) is 5.58 Å². The van der Waals surface area contributed by atoms with Gasteiger partial charge >= 0.3 is 5.97 Å². The number of carbonyl (C=O) groups is 1. The standard InChI is InChI=1S/C27H28N4O4/c32-26(33)23(31-27-30-22-7-1-2-8-24(22)35-27)17-18-9-13-21(14-10-18)34-16-4-6-20-12-11-19-5-3-15-28-25(19)29-20/h1-2,7-14,23H,3-6,15-17H2,(H,28,29)(H,30,31)(H,32,33). The van der Waals surface area contributed by atoms with Gasteiger partial charge in [0.1, 0.15) is 23.1 Å². The van der Waals surface area contributed by atoms with E-state index in [2.05, 4.69) is 27.8 Å². The summed E-state index contributed by atoms with van der Waals surface area (Å²) < 4.78 is 11.5. The van der Waals surface area contributed by atoms with Crippen molar-refractivity contribution in [2.45, 2.75) is 38.1 Å². The number of ether oxygens (including phenoxy) is 1. The molecule has 0 spiro atoms. The number of aryl methyl sites for hydroxylation is 2. The monoisotopic (exact) mass is 472 g/mol. The van der Waals surface area contributed by atoms with Gasteiger partial charge in [0, 0.05) is 18.7 Å². The lowest BCUT2D eigenvalue weighted by Crippen LogP contribution is -2.31. The highest BCUT2D eigenvalue weighted by atomic mass is 16.5. The Kier molecular flexibility index (Phi) is 6.79. The zero-order valence-corrected chi connectivity index (χ0v) is 19.4. The highest BCUT2D eigenvalue weighted by Crippen LogP contribution is 2.22. The van der Waals surface area contributed by atoms with Crippen molar-refractivity contribution in [2.75, 3.05) is 23.8 Å². The molecule has 3 heterocycles. The normalized spacial score (nSPS) is 13.6. The molecule has 2 aromatic heterocycles. The number of hydrogen-bond donors (Lipinski definition) is 3. The van der Waals surface area contributed by atoms with Crippen LogP contribution < -0.4 is 15.4 Å². The Morgan fingerprint density at radius 1 is 1.11 bits per heavy atom. The van der Waals surface area contributed by atoms with Crippen LogP contribution in [0.4, 0.5) is 11.8 Å². The largest absolute Gasteiger partial charge is 0.494 e. The van der Waals surface area contributed by atoms with Crippen LogP contribution in [0.15, 0.2) is 65.1 Å². The second-order valence-electron chi connectivity index (χ2n) is 8.66. The first-order valence-corrected chi connectivity index (χ1v) is 11.9. The third kappa shape index (κ3) is 5.71. The number of rotatable bonds is 10. The molecule has 1 atom stereocenters. The van der Waals surface area contributed by atoms with Gasteiger partial charge in [0.25, 0.3) is 6.01 Å². The van der Waals surface area contributed by atoms with E-state index >= 15 is 0 Å². The summed E-state index contributed by atoms with van der Waals surface area (Å²) in [7, 11) is 0. The summed E-state index contributed by atoms with van der Waals surface area (Å²) in [5.74, 6) is 0.807. The lowest BCUT2D eigenvalue weighted by Gasteiger charge is -2.17. The number of anilines is 2. The van der Waals surface area contributed by atoms with E-state index in [9.17, 15) is 9.90 Å². The Morgan fingerprint density at radius 3 is 2.80 bits per heavy atom. The van der Waals surface area contributed by atoms with Crippen LogP contribution in [0.2, 0.25) is 0 Å². The summed E-state index contributed by atoms with van der Waals surface area (Å²) in [5, 5.41) is 15.9. The Bertz CT molecular complexity index is 1270. The van der Waals surface area contributed by atoms with Gasteiger partial charge < -0.3 is 24.9 Å². The van der Waals surface area contributed by atoms with E-state index in [1.165, 1.54) is 5.56 Å². The molecule has 0 aliphatic carbocycles. The summed E-state index contributed by atoms with van der Waals surface area (Å²) in [6.07, 6.45) is 4.26. The Hall–Kier alpha value is -4.07. The van der Waals surface area contributed by atoms with Crippen LogP contribution in [-0.4, -0.2) is 40.2 Å². The van der Waals surface area contributed by atoms with E-state index in [4.69, 9.17) is 14.1 Å². The molecule has 3 N–H and O–H groups in total. The molecule has 1 aliphatic heterocycles. The minimum absolute atomic E-state index is 0.197. The van der Waals surface area contributed by atoms with Crippen LogP contribution in [0.5, 0.6) is 5.75 Å². The van der Waals surface area contributed by atoms with Gasteiger partial charge in [-0.1, -0.05) is 30.3 Å². The van der Waals surface area contributed by atoms with Crippen LogP contribution in [0, 0.1) is 0 Å². The number of hydrogen-bond acceptors (Lipinski definition) is 7. The van der Waals surface area contributed by atoms with Gasteiger partial charge in [0.2, 0.25) is 0 Å². The van der Waals surface area contributed by atoms with Crippen molar-refractivity contribution in [3.63, 3.8) is 0 Å². The zero-order valence-electron chi connectivity index (χ0n) is 19.4. The third-order valence-corrected chi connectivity index (χ3v) is 6.05. The van der Waals surface area contributed by atoms with Crippen molar-refractivity contribution in [1.29, 1.82) is 0 Å². The maximum absolute atomic E-state index is 11.8. The number of nitrogens with zero attached hydrogens (tertiary/aromatic N) is 2. The van der Waals surface area contributed by atoms with Crippen LogP contribution >= 0.6 is 0 Å². The lowest BCUT2D eigenvalue weighted by molar-refractivity contribution is -0.137. The lowest BCUT2D eigenvalue weighted by atomic mass is 10.1. The molecule has 0 amide bonds. The molecule has 8 heteroatoms. The van der Waals surface area contributed by atoms with Crippen molar-refractivity contribution >= 4 is 28.9 Å². The number of para-hydroxylation sites is 2. The molecule has 8 nitrogen and oxygen atoms in total. The Morgan fingerprint density at radius 2 is 1.97 bits per heavy atom. The van der Waals surface area contributed by atoms with E-state index < -0.39 is 12.0 Å². The summed E-state index contributed by atoms with van der Waals surface area (Å²) >= 11 is 0. The fourth-order valence-corrected chi connectivity index (χ4v) is 4.19. The number of oxazole rings is 1. The first kappa shape index (κ1) is 22.7. The van der Waals surface area contributed by atoms with E-state index in [-0.39, 0.29) is 12.4 Å². The average molecular weight is 473 g/mol. The van der Waals surface area contributed by atoms with E-state index in [0.717, 1.165) is 55.1 Å². The number of aliphatic carboxylic acids is 1. The minimum atomic E-state index is -0.974. The molecule has 1 unspecified atom stereocenters. The molecule has 5 rings (SSSR count). The first-order valence-electron chi connectivity index (χ1n) is 11.9. The molecule has 4 aromatic rings. The molecular weight excluding hydrogens is 444 g/mol. The topological polar surface area (TPSA) is 110 Å². The van der Waals surface area contributed by atoms with Crippen molar-refractivity contribution in [2.24, 2.45) is 0 Å². The molecule has 0 saturated carbocycles. The van der Waals surface area contributed by atoms with Gasteiger partial charge in [-0.05, 0) is 67.1 Å². The molecule has 0 bridgehead atoms. The zero-order chi connectivity index (χ0) is 24.0. The summed E-state index contributed by atoms with van der Waals surface area (Å²) in [6, 6.07) is 18.4. The molecule has 35 heavy (non-hydrogen) atoms. The van der Waals surface area contributed by atoms with Gasteiger partial charge in [-0.3, -0.25) is 0 Å². The van der Waals surface area contributed by atoms with Crippen molar-refractivity contribution in [3.8, 4) is 5.75 Å². The minimum Gasteiger partial charge on any atom is -0.494 e. The smallest absolute Gasteiger partial charge is 0.326 e. The van der Waals surface area contributed by atoms with E-state index in [1.54, 1.807) is 6.07 Å². The Balaban J connectivity index is 1.11. The highest BCUT2D eigenvalue weighted by molar-refractivity contribution is 5.78. The van der Waals surface area contributed by atoms with Crippen molar-refractivity contribution in [1.82, 2.24) is 9.97 Å². The predicted molar refractivity (Wildman–Crippen MR) is 134 cm³/mol. The van der Waals surface area contributed by atoms with Gasteiger partial charge in [-0.25, -0.2) is 9.78 Å². The van der Waals surface area contributed by atoms with Crippen molar-refractivity contribution in [3.05, 3.63) is 77.5 Å². The molecule has 0 fully saturated rings. The van der Waals surface area contributed by atoms with Gasteiger partial charge in [-0.2, -0.15) is 4.98 Å². The van der Waals surface area contributed by atoms with Gasteiger partial charge in [0.05, 0.1) is 6.61 Å². The quantitative estimate of drug-likeness (QED) is 0.285. The summed E-state index contributed by atoms with van der Waals surface area (Å²) in [4.78, 5) is 20.8. The van der Waals surface area contributed by atoms with Crippen LogP contribution in [0.3, 0.4) is 0 Å². The molecule has 0 saturated heterocycles. The molecular formula is C27H28N4O4.